The van der Waals surface area contributed by atoms with Crippen LogP contribution in [0, 0.1) is 49.4 Å². The summed E-state index contributed by atoms with van der Waals surface area (Å²) in [5.41, 5.74) is 3.71. The molecule has 0 radical (unpaired) electrons. The maximum absolute atomic E-state index is 13.7. The van der Waals surface area contributed by atoms with Crippen molar-refractivity contribution in [1.29, 1.82) is 0 Å². The van der Waals surface area contributed by atoms with Crippen molar-refractivity contribution in [1.82, 2.24) is 4.90 Å². The van der Waals surface area contributed by atoms with Gasteiger partial charge in [-0.1, -0.05) is 60.2 Å². The van der Waals surface area contributed by atoms with E-state index in [0.29, 0.717) is 23.9 Å². The van der Waals surface area contributed by atoms with Gasteiger partial charge >= 0.3 is 0 Å². The molecule has 4 aliphatic carbocycles. The number of nitrogens with one attached hydrogen (secondary N) is 1. The number of carbonyl (C=O) groups is 3. The molecule has 3 fully saturated rings. The molecule has 2 aromatic rings. The number of nitrogens with zero attached hydrogens (tertiary/aromatic N) is 1. The van der Waals surface area contributed by atoms with Crippen molar-refractivity contribution < 1.29 is 14.4 Å². The lowest BCUT2D eigenvalue weighted by atomic mass is 9.63. The SMILES string of the molecule is Cc1ccc(NC(=O)[C@H](Cc2ccccc2)N2C(=O)[C@@H]3[C@H]4C=C[C@@H]([C@@H]5C[C@@H]45)[C@H]3C2=O)c(C)c1. The number of imide groups is 1. The Balaban J connectivity index is 1.34. The van der Waals surface area contributed by atoms with Gasteiger partial charge in [-0.3, -0.25) is 19.3 Å². The lowest BCUT2D eigenvalue weighted by Gasteiger charge is -2.37. The number of amides is 3. The lowest BCUT2D eigenvalue weighted by molar-refractivity contribution is -0.146. The number of likely N-dealkylation sites (tertiary alicyclic amines) is 1. The van der Waals surface area contributed by atoms with Crippen LogP contribution >= 0.6 is 0 Å². The first-order chi connectivity index (χ1) is 15.9. The summed E-state index contributed by atoms with van der Waals surface area (Å²) in [7, 11) is 0. The van der Waals surface area contributed by atoms with Crippen LogP contribution in [0.1, 0.15) is 23.1 Å². The molecule has 168 valence electrons. The Hall–Kier alpha value is -3.21. The van der Waals surface area contributed by atoms with Gasteiger partial charge in [0.05, 0.1) is 11.8 Å². The summed E-state index contributed by atoms with van der Waals surface area (Å²) in [5, 5.41) is 3.01. The molecule has 5 nitrogen and oxygen atoms in total. The number of carbonyl (C=O) groups excluding carboxylic acids is 3. The predicted octanol–water partition coefficient (Wildman–Crippen LogP) is 3.91. The van der Waals surface area contributed by atoms with Gasteiger partial charge in [-0.05, 0) is 61.1 Å². The zero-order chi connectivity index (χ0) is 22.9. The number of allylic oxidation sites excluding steroid dienone is 2. The van der Waals surface area contributed by atoms with Crippen LogP contribution in [0.5, 0.6) is 0 Å². The maximum atomic E-state index is 13.7. The van der Waals surface area contributed by atoms with E-state index >= 15 is 0 Å². The third-order valence-electron chi connectivity index (χ3n) is 8.22. The van der Waals surface area contributed by atoms with E-state index in [9.17, 15) is 14.4 Å². The molecule has 5 aliphatic rings. The quantitative estimate of drug-likeness (QED) is 0.566. The molecule has 0 aromatic heterocycles. The molecule has 1 aliphatic heterocycles. The first-order valence-electron chi connectivity index (χ1n) is 11.9. The van der Waals surface area contributed by atoms with Crippen LogP contribution in [0.15, 0.2) is 60.7 Å². The molecule has 0 unspecified atom stereocenters. The van der Waals surface area contributed by atoms with E-state index < -0.39 is 6.04 Å². The second-order valence-corrected chi connectivity index (χ2v) is 10.2. The highest BCUT2D eigenvalue weighted by Gasteiger charge is 2.67. The molecule has 7 rings (SSSR count). The fraction of sp³-hybridized carbons (Fsp3) is 0.393. The molecule has 7 atom stereocenters. The van der Waals surface area contributed by atoms with E-state index in [1.807, 2.05) is 62.4 Å². The van der Waals surface area contributed by atoms with Gasteiger partial charge in [-0.25, -0.2) is 0 Å². The standard InChI is InChI=1S/C28H28N2O3/c1-15-8-11-22(16(2)12-15)29-26(31)23(13-17-6-4-3-5-7-17)30-27(32)24-18-9-10-19(21-14-20(18)21)25(24)28(30)33/h3-12,18-21,23-25H,13-14H2,1-2H3,(H,29,31)/t18-,19-,20-,21-,23-,24+,25+/m0/s1. The first-order valence-corrected chi connectivity index (χ1v) is 11.9. The van der Waals surface area contributed by atoms with Crippen LogP contribution in [0.25, 0.3) is 0 Å². The van der Waals surface area contributed by atoms with Crippen molar-refractivity contribution in [2.24, 2.45) is 35.5 Å². The molecular weight excluding hydrogens is 412 g/mol. The Kier molecular flexibility index (Phi) is 4.58. The van der Waals surface area contributed by atoms with Crippen molar-refractivity contribution >= 4 is 23.4 Å². The van der Waals surface area contributed by atoms with Gasteiger partial charge in [-0.15, -0.1) is 0 Å². The van der Waals surface area contributed by atoms with Gasteiger partial charge in [-0.2, -0.15) is 0 Å². The largest absolute Gasteiger partial charge is 0.324 e. The Morgan fingerprint density at radius 3 is 2.21 bits per heavy atom. The smallest absolute Gasteiger partial charge is 0.248 e. The third kappa shape index (κ3) is 3.17. The number of rotatable bonds is 5. The number of aryl methyl sites for hydroxylation is 2. The van der Waals surface area contributed by atoms with Crippen molar-refractivity contribution in [2.45, 2.75) is 32.7 Å². The van der Waals surface area contributed by atoms with Crippen molar-refractivity contribution in [3.63, 3.8) is 0 Å². The van der Waals surface area contributed by atoms with Crippen molar-refractivity contribution in [2.75, 3.05) is 5.32 Å². The number of benzene rings is 2. The molecule has 1 saturated heterocycles. The van der Waals surface area contributed by atoms with Gasteiger partial charge in [0.1, 0.15) is 6.04 Å². The van der Waals surface area contributed by atoms with Crippen LogP contribution in [0.2, 0.25) is 0 Å². The van der Waals surface area contributed by atoms with Crippen LogP contribution in [0.3, 0.4) is 0 Å². The summed E-state index contributed by atoms with van der Waals surface area (Å²) >= 11 is 0. The normalized spacial score (nSPS) is 31.9. The maximum Gasteiger partial charge on any atom is 0.248 e. The average molecular weight is 441 g/mol. The van der Waals surface area contributed by atoms with E-state index in [1.165, 1.54) is 4.90 Å². The monoisotopic (exact) mass is 440 g/mol. The Morgan fingerprint density at radius 1 is 0.970 bits per heavy atom. The number of anilines is 1. The zero-order valence-electron chi connectivity index (χ0n) is 18.9. The zero-order valence-corrected chi connectivity index (χ0v) is 18.9. The van der Waals surface area contributed by atoms with Crippen LogP contribution in [-0.2, 0) is 20.8 Å². The Labute approximate surface area is 193 Å². The summed E-state index contributed by atoms with van der Waals surface area (Å²) in [4.78, 5) is 42.3. The van der Waals surface area contributed by atoms with Gasteiger partial charge in [0, 0.05) is 12.1 Å². The van der Waals surface area contributed by atoms with E-state index in [0.717, 1.165) is 23.1 Å². The highest BCUT2D eigenvalue weighted by atomic mass is 16.2. The number of hydrogen-bond donors (Lipinski definition) is 1. The highest BCUT2D eigenvalue weighted by molar-refractivity contribution is 6.10. The fourth-order valence-corrected chi connectivity index (χ4v) is 6.60. The molecule has 2 aromatic carbocycles. The van der Waals surface area contributed by atoms with Crippen molar-refractivity contribution in [3.05, 3.63) is 77.4 Å². The molecule has 2 bridgehead atoms. The highest BCUT2D eigenvalue weighted by Crippen LogP contribution is 2.65. The summed E-state index contributed by atoms with van der Waals surface area (Å²) in [6.45, 7) is 3.96. The van der Waals surface area contributed by atoms with E-state index in [-0.39, 0.29) is 41.4 Å². The molecule has 0 spiro atoms. The first kappa shape index (κ1) is 20.4. The average Bonchev–Trinajstić information content (AvgIpc) is 3.59. The lowest BCUT2D eigenvalue weighted by Crippen LogP contribution is -2.49. The van der Waals surface area contributed by atoms with E-state index in [4.69, 9.17) is 0 Å². The van der Waals surface area contributed by atoms with Gasteiger partial charge < -0.3 is 5.32 Å². The predicted molar refractivity (Wildman–Crippen MR) is 125 cm³/mol. The molecule has 3 amide bonds. The molecule has 2 saturated carbocycles. The van der Waals surface area contributed by atoms with Crippen LogP contribution < -0.4 is 5.32 Å². The molecule has 5 heteroatoms. The van der Waals surface area contributed by atoms with Gasteiger partial charge in [0.25, 0.3) is 0 Å². The van der Waals surface area contributed by atoms with Crippen molar-refractivity contribution in [3.8, 4) is 0 Å². The minimum atomic E-state index is -0.866. The Morgan fingerprint density at radius 2 is 1.61 bits per heavy atom. The van der Waals surface area contributed by atoms with Crippen LogP contribution in [-0.4, -0.2) is 28.7 Å². The summed E-state index contributed by atoms with van der Waals surface area (Å²) in [6, 6.07) is 14.6. The molecule has 1 N–H and O–H groups in total. The van der Waals surface area contributed by atoms with Gasteiger partial charge in [0.2, 0.25) is 17.7 Å². The van der Waals surface area contributed by atoms with E-state index in [2.05, 4.69) is 17.5 Å². The molecular formula is C28H28N2O3. The minimum Gasteiger partial charge on any atom is -0.324 e. The van der Waals surface area contributed by atoms with Crippen LogP contribution in [0.4, 0.5) is 5.69 Å². The second kappa shape index (κ2) is 7.41. The van der Waals surface area contributed by atoms with Gasteiger partial charge in [0.15, 0.2) is 0 Å². The number of hydrogen-bond acceptors (Lipinski definition) is 3. The summed E-state index contributed by atoms with van der Waals surface area (Å²) in [6.07, 6.45) is 5.76. The molecule has 1 heterocycles. The van der Waals surface area contributed by atoms with E-state index in [1.54, 1.807) is 0 Å². The fourth-order valence-electron chi connectivity index (χ4n) is 6.60. The summed E-state index contributed by atoms with van der Waals surface area (Å²) < 4.78 is 0. The third-order valence-corrected chi connectivity index (χ3v) is 8.22. The minimum absolute atomic E-state index is 0.145. The Bertz CT molecular complexity index is 1150. The molecule has 33 heavy (non-hydrogen) atoms. The summed E-state index contributed by atoms with van der Waals surface area (Å²) in [5.74, 6) is 0.128. The second-order valence-electron chi connectivity index (χ2n) is 10.2. The topological polar surface area (TPSA) is 66.5 Å².